The number of aryl methyl sites for hydroxylation is 2. The first-order valence-corrected chi connectivity index (χ1v) is 4.69. The van der Waals surface area contributed by atoms with E-state index in [-0.39, 0.29) is 0 Å². The molecule has 1 heterocycles. The Bertz CT molecular complexity index is 531. The maximum absolute atomic E-state index is 4.05. The maximum Gasteiger partial charge on any atom is 0.232 e. The molecule has 0 saturated heterocycles. The van der Waals surface area contributed by atoms with Crippen LogP contribution in [0.5, 0.6) is 0 Å². The summed E-state index contributed by atoms with van der Waals surface area (Å²) >= 11 is 0. The van der Waals surface area contributed by atoms with E-state index in [9.17, 15) is 0 Å². The Morgan fingerprint density at radius 1 is 1.00 bits per heavy atom. The highest BCUT2D eigenvalue weighted by molar-refractivity contribution is 5.75. The number of aromatic nitrogens is 2. The molecule has 2 aromatic rings. The second-order valence-electron chi connectivity index (χ2n) is 3.30. The van der Waals surface area contributed by atoms with E-state index in [4.69, 9.17) is 0 Å². The van der Waals surface area contributed by atoms with Crippen molar-refractivity contribution in [2.45, 2.75) is 0 Å². The second-order valence-corrected chi connectivity index (χ2v) is 3.30. The van der Waals surface area contributed by atoms with Gasteiger partial charge in [-0.05, 0) is 17.4 Å². The first-order chi connectivity index (χ1) is 7.25. The lowest BCUT2D eigenvalue weighted by Crippen LogP contribution is -2.21. The van der Waals surface area contributed by atoms with Crippen LogP contribution < -0.4 is 5.62 Å². The molecule has 15 heavy (non-hydrogen) atoms. The van der Waals surface area contributed by atoms with E-state index in [0.717, 1.165) is 16.7 Å². The van der Waals surface area contributed by atoms with Gasteiger partial charge in [0.1, 0.15) is 0 Å². The lowest BCUT2D eigenvalue weighted by Gasteiger charge is -1.91. The highest BCUT2D eigenvalue weighted by atomic mass is 15.4. The number of para-hydroxylation sites is 2. The van der Waals surface area contributed by atoms with Crippen molar-refractivity contribution in [1.29, 1.82) is 0 Å². The van der Waals surface area contributed by atoms with Gasteiger partial charge in [-0.3, -0.25) is 0 Å². The van der Waals surface area contributed by atoms with Crippen molar-refractivity contribution in [3.05, 3.63) is 29.9 Å². The molecule has 0 bridgehead atoms. The van der Waals surface area contributed by atoms with Gasteiger partial charge in [0.15, 0.2) is 0 Å². The van der Waals surface area contributed by atoms with E-state index in [2.05, 4.69) is 27.6 Å². The van der Waals surface area contributed by atoms with Crippen LogP contribution in [0.4, 0.5) is 0 Å². The van der Waals surface area contributed by atoms with Gasteiger partial charge in [-0.25, -0.2) is 0 Å². The predicted molar refractivity (Wildman–Crippen MR) is 58.2 cm³/mol. The molecule has 0 N–H and O–H groups in total. The number of fused-ring (bicyclic) bond motifs is 1. The quantitative estimate of drug-likeness (QED) is 0.497. The van der Waals surface area contributed by atoms with Gasteiger partial charge in [0.25, 0.3) is 0 Å². The Labute approximate surface area is 87.4 Å². The van der Waals surface area contributed by atoms with Crippen LogP contribution in [0, 0.1) is 0 Å². The molecule has 0 atom stereocenters. The van der Waals surface area contributed by atoms with Gasteiger partial charge in [0.2, 0.25) is 5.62 Å². The summed E-state index contributed by atoms with van der Waals surface area (Å²) in [5.41, 5.74) is 3.04. The summed E-state index contributed by atoms with van der Waals surface area (Å²) < 4.78 is 3.98. The molecule has 2 rings (SSSR count). The number of hydrogen-bond acceptors (Lipinski definition) is 2. The van der Waals surface area contributed by atoms with Crippen molar-refractivity contribution < 1.29 is 0 Å². The molecule has 0 spiro atoms. The van der Waals surface area contributed by atoms with Gasteiger partial charge in [0, 0.05) is 14.1 Å². The van der Waals surface area contributed by atoms with E-state index < -0.39 is 0 Å². The zero-order valence-corrected chi connectivity index (χ0v) is 9.05. The lowest BCUT2D eigenvalue weighted by molar-refractivity contribution is 0.731. The fraction of sp³-hybridized carbons (Fsp3) is 0.300. The molecule has 0 amide bonds. The molecule has 0 aliphatic carbocycles. The number of imidazole rings is 1. The van der Waals surface area contributed by atoms with Gasteiger partial charge in [-0.1, -0.05) is 17.2 Å². The van der Waals surface area contributed by atoms with E-state index in [1.54, 1.807) is 7.05 Å². The predicted octanol–water partition coefficient (Wildman–Crippen LogP) is 1.41. The average Bonchev–Trinajstić information content (AvgIpc) is 2.51. The van der Waals surface area contributed by atoms with Gasteiger partial charge >= 0.3 is 0 Å². The largest absolute Gasteiger partial charge is 0.312 e. The summed E-state index contributed by atoms with van der Waals surface area (Å²) in [6.07, 6.45) is 0. The molecule has 0 radical (unpaired) electrons. The van der Waals surface area contributed by atoms with E-state index in [1.807, 2.05) is 35.4 Å². The molecular weight excluding hydrogens is 190 g/mol. The van der Waals surface area contributed by atoms with Crippen molar-refractivity contribution >= 4 is 11.0 Å². The Hall–Kier alpha value is -1.91. The first kappa shape index (κ1) is 9.64. The molecule has 5 heteroatoms. The fourth-order valence-corrected chi connectivity index (χ4v) is 1.69. The van der Waals surface area contributed by atoms with Crippen LogP contribution in [0.1, 0.15) is 0 Å². The molecule has 0 aliphatic heterocycles. The Morgan fingerprint density at radius 2 is 1.53 bits per heavy atom. The second kappa shape index (κ2) is 3.68. The molecular formula is C10H13N5. The molecule has 5 nitrogen and oxygen atoms in total. The summed E-state index contributed by atoms with van der Waals surface area (Å²) in [6.45, 7) is 0. The monoisotopic (exact) mass is 203 g/mol. The van der Waals surface area contributed by atoms with E-state index >= 15 is 0 Å². The molecule has 78 valence electrons. The summed E-state index contributed by atoms with van der Waals surface area (Å²) in [4.78, 5) is 0. The molecule has 0 unspecified atom stereocenters. The van der Waals surface area contributed by atoms with Crippen LogP contribution >= 0.6 is 0 Å². The number of hydrogen-bond donors (Lipinski definition) is 0. The minimum Gasteiger partial charge on any atom is -0.312 e. The molecule has 0 fully saturated rings. The van der Waals surface area contributed by atoms with Crippen molar-refractivity contribution in [2.24, 2.45) is 29.5 Å². The number of nitrogens with zero attached hydrogens (tertiary/aromatic N) is 5. The summed E-state index contributed by atoms with van der Waals surface area (Å²) in [5, 5.41) is 11.3. The molecule has 0 aliphatic rings. The van der Waals surface area contributed by atoms with E-state index in [1.165, 1.54) is 0 Å². The Kier molecular flexibility index (Phi) is 2.37. The number of rotatable bonds is 1. The van der Waals surface area contributed by atoms with Crippen LogP contribution in [0.2, 0.25) is 0 Å². The summed E-state index contributed by atoms with van der Waals surface area (Å²) in [7, 11) is 5.53. The Balaban J connectivity index is 2.87. The zero-order chi connectivity index (χ0) is 10.8. The zero-order valence-electron chi connectivity index (χ0n) is 9.05. The highest BCUT2D eigenvalue weighted by Crippen LogP contribution is 2.09. The fourth-order valence-electron chi connectivity index (χ4n) is 1.69. The van der Waals surface area contributed by atoms with Crippen molar-refractivity contribution in [2.75, 3.05) is 7.05 Å². The maximum atomic E-state index is 4.05. The average molecular weight is 203 g/mol. The molecule has 1 aromatic carbocycles. The van der Waals surface area contributed by atoms with Gasteiger partial charge in [0.05, 0.1) is 18.1 Å². The first-order valence-electron chi connectivity index (χ1n) is 4.69. The van der Waals surface area contributed by atoms with Gasteiger partial charge in [-0.2, -0.15) is 5.11 Å². The number of benzene rings is 1. The van der Waals surface area contributed by atoms with Crippen LogP contribution in [0.25, 0.3) is 11.0 Å². The van der Waals surface area contributed by atoms with Crippen molar-refractivity contribution in [1.82, 2.24) is 9.13 Å². The SMILES string of the molecule is C/N=N/N=c1n(C)c2ccccc2n1C. The van der Waals surface area contributed by atoms with E-state index in [0.29, 0.717) is 0 Å². The third-order valence-corrected chi connectivity index (χ3v) is 2.43. The Morgan fingerprint density at radius 3 is 2.00 bits per heavy atom. The highest BCUT2D eigenvalue weighted by Gasteiger charge is 2.04. The van der Waals surface area contributed by atoms with Crippen molar-refractivity contribution in [3.8, 4) is 0 Å². The standard InChI is InChI=1S/C10H13N5/c1-11-13-12-10-14(2)8-6-4-5-7-9(8)15(10)3/h4-7H,1-3H3/b13-11+. The lowest BCUT2D eigenvalue weighted by atomic mass is 10.3. The third-order valence-electron chi connectivity index (χ3n) is 2.43. The topological polar surface area (TPSA) is 46.9 Å². The van der Waals surface area contributed by atoms with Crippen molar-refractivity contribution in [3.63, 3.8) is 0 Å². The summed E-state index contributed by atoms with van der Waals surface area (Å²) in [6, 6.07) is 8.12. The van der Waals surface area contributed by atoms with Crippen LogP contribution in [-0.2, 0) is 14.1 Å². The normalized spacial score (nSPS) is 11.4. The molecule has 1 aromatic heterocycles. The minimum absolute atomic E-state index is 0.779. The van der Waals surface area contributed by atoms with Crippen LogP contribution in [-0.4, -0.2) is 16.2 Å². The molecule has 0 saturated carbocycles. The van der Waals surface area contributed by atoms with Crippen LogP contribution in [0.15, 0.2) is 39.7 Å². The minimum atomic E-state index is 0.779. The third kappa shape index (κ3) is 1.45. The van der Waals surface area contributed by atoms with Crippen LogP contribution in [0.3, 0.4) is 0 Å². The van der Waals surface area contributed by atoms with Gasteiger partial charge in [-0.15, -0.1) is 0 Å². The summed E-state index contributed by atoms with van der Waals surface area (Å²) in [5.74, 6) is 0. The smallest absolute Gasteiger partial charge is 0.232 e. The van der Waals surface area contributed by atoms with Gasteiger partial charge < -0.3 is 9.13 Å².